The fourth-order valence-electron chi connectivity index (χ4n) is 2.69. The number of hydrogen-bond acceptors (Lipinski definition) is 3. The molecule has 0 aliphatic carbocycles. The van der Waals surface area contributed by atoms with E-state index in [9.17, 15) is 4.79 Å². The van der Waals surface area contributed by atoms with Crippen LogP contribution in [0.15, 0.2) is 24.3 Å². The van der Waals surface area contributed by atoms with E-state index in [0.29, 0.717) is 0 Å². The molecule has 2 atom stereocenters. The van der Waals surface area contributed by atoms with Gasteiger partial charge in [0.15, 0.2) is 0 Å². The molecule has 1 fully saturated rings. The van der Waals surface area contributed by atoms with Crippen LogP contribution in [0.4, 0.5) is 5.69 Å². The lowest BCUT2D eigenvalue weighted by Crippen LogP contribution is -2.48. The zero-order chi connectivity index (χ0) is 13.1. The number of anilines is 1. The van der Waals surface area contributed by atoms with E-state index in [0.717, 1.165) is 31.5 Å². The Labute approximate surface area is 108 Å². The molecule has 0 saturated carbocycles. The molecule has 4 heteroatoms. The largest absolute Gasteiger partial charge is 0.399 e. The third kappa shape index (κ3) is 2.64. The summed E-state index contributed by atoms with van der Waals surface area (Å²) in [6.07, 6.45) is 3.08. The summed E-state index contributed by atoms with van der Waals surface area (Å²) in [6.45, 7) is 3.05. The number of nitrogen functional groups attached to an aromatic ring is 1. The predicted molar refractivity (Wildman–Crippen MR) is 72.8 cm³/mol. The Morgan fingerprint density at radius 2 is 2.00 bits per heavy atom. The highest BCUT2D eigenvalue weighted by molar-refractivity contribution is 5.80. The Morgan fingerprint density at radius 1 is 1.33 bits per heavy atom. The minimum absolute atomic E-state index is 0.133. The van der Waals surface area contributed by atoms with Crippen LogP contribution in [0.3, 0.4) is 0 Å². The SMILES string of the molecule is CC(c1ccc(N)cc1)N1CCCCC1C(N)=O. The first kappa shape index (κ1) is 12.9. The van der Waals surface area contributed by atoms with Gasteiger partial charge in [0.05, 0.1) is 6.04 Å². The van der Waals surface area contributed by atoms with Crippen molar-refractivity contribution in [2.45, 2.75) is 38.3 Å². The Hall–Kier alpha value is -1.55. The van der Waals surface area contributed by atoms with Crippen LogP contribution in [0.1, 0.15) is 37.8 Å². The molecule has 98 valence electrons. The zero-order valence-electron chi connectivity index (χ0n) is 10.8. The Morgan fingerprint density at radius 3 is 2.61 bits per heavy atom. The third-order valence-electron chi connectivity index (χ3n) is 3.79. The summed E-state index contributed by atoms with van der Waals surface area (Å²) in [6, 6.07) is 7.90. The van der Waals surface area contributed by atoms with Gasteiger partial charge in [-0.05, 0) is 44.0 Å². The average Bonchev–Trinajstić information content (AvgIpc) is 2.39. The fourth-order valence-corrected chi connectivity index (χ4v) is 2.69. The van der Waals surface area contributed by atoms with Crippen molar-refractivity contribution in [3.05, 3.63) is 29.8 Å². The predicted octanol–water partition coefficient (Wildman–Crippen LogP) is 1.67. The van der Waals surface area contributed by atoms with Gasteiger partial charge in [0.2, 0.25) is 5.91 Å². The average molecular weight is 247 g/mol. The van der Waals surface area contributed by atoms with E-state index in [2.05, 4.69) is 11.8 Å². The second-order valence-electron chi connectivity index (χ2n) is 4.99. The first-order chi connectivity index (χ1) is 8.59. The van der Waals surface area contributed by atoms with Crippen molar-refractivity contribution in [2.75, 3.05) is 12.3 Å². The van der Waals surface area contributed by atoms with E-state index in [1.165, 1.54) is 5.56 Å². The topological polar surface area (TPSA) is 72.3 Å². The van der Waals surface area contributed by atoms with Crippen molar-refractivity contribution in [3.8, 4) is 0 Å². The van der Waals surface area contributed by atoms with Gasteiger partial charge < -0.3 is 11.5 Å². The third-order valence-corrected chi connectivity index (χ3v) is 3.79. The molecule has 4 nitrogen and oxygen atoms in total. The van der Waals surface area contributed by atoms with E-state index in [-0.39, 0.29) is 18.0 Å². The molecule has 1 aliphatic heterocycles. The summed E-state index contributed by atoms with van der Waals surface area (Å²) in [7, 11) is 0. The molecular weight excluding hydrogens is 226 g/mol. The summed E-state index contributed by atoms with van der Waals surface area (Å²) in [5.74, 6) is -0.211. The van der Waals surface area contributed by atoms with Crippen LogP contribution in [-0.4, -0.2) is 23.4 Å². The number of amides is 1. The van der Waals surface area contributed by atoms with E-state index in [1.807, 2.05) is 24.3 Å². The first-order valence-electron chi connectivity index (χ1n) is 6.50. The smallest absolute Gasteiger partial charge is 0.234 e. The second kappa shape index (κ2) is 5.40. The normalized spacial score (nSPS) is 22.6. The molecule has 1 saturated heterocycles. The summed E-state index contributed by atoms with van der Waals surface area (Å²) in [5, 5.41) is 0. The van der Waals surface area contributed by atoms with Gasteiger partial charge in [-0.25, -0.2) is 0 Å². The number of nitrogens with zero attached hydrogens (tertiary/aromatic N) is 1. The molecule has 18 heavy (non-hydrogen) atoms. The number of nitrogens with two attached hydrogens (primary N) is 2. The monoisotopic (exact) mass is 247 g/mol. The number of carbonyl (C=O) groups is 1. The van der Waals surface area contributed by atoms with E-state index >= 15 is 0 Å². The van der Waals surface area contributed by atoms with Crippen molar-refractivity contribution >= 4 is 11.6 Å². The van der Waals surface area contributed by atoms with E-state index < -0.39 is 0 Å². The molecule has 0 bridgehead atoms. The maximum Gasteiger partial charge on any atom is 0.234 e. The summed E-state index contributed by atoms with van der Waals surface area (Å²) >= 11 is 0. The summed E-state index contributed by atoms with van der Waals surface area (Å²) in [5.41, 5.74) is 13.1. The highest BCUT2D eigenvalue weighted by atomic mass is 16.1. The molecule has 0 radical (unpaired) electrons. The maximum absolute atomic E-state index is 11.5. The Balaban J connectivity index is 2.17. The van der Waals surface area contributed by atoms with Gasteiger partial charge in [-0.3, -0.25) is 9.69 Å². The number of carbonyl (C=O) groups excluding carboxylic acids is 1. The van der Waals surface area contributed by atoms with Crippen LogP contribution in [0, 0.1) is 0 Å². The van der Waals surface area contributed by atoms with Crippen LogP contribution in [0.5, 0.6) is 0 Å². The number of likely N-dealkylation sites (tertiary alicyclic amines) is 1. The van der Waals surface area contributed by atoms with Gasteiger partial charge in [0.25, 0.3) is 0 Å². The number of rotatable bonds is 3. The second-order valence-corrected chi connectivity index (χ2v) is 4.99. The van der Waals surface area contributed by atoms with Crippen molar-refractivity contribution in [2.24, 2.45) is 5.73 Å². The molecule has 1 aromatic rings. The van der Waals surface area contributed by atoms with Crippen molar-refractivity contribution < 1.29 is 4.79 Å². The standard InChI is InChI=1S/C14H21N3O/c1-10(11-5-7-12(15)8-6-11)17-9-3-2-4-13(17)14(16)18/h5-8,10,13H,2-4,9,15H2,1H3,(H2,16,18). The minimum Gasteiger partial charge on any atom is -0.399 e. The molecule has 2 rings (SSSR count). The van der Waals surface area contributed by atoms with Gasteiger partial charge in [0, 0.05) is 11.7 Å². The highest BCUT2D eigenvalue weighted by Crippen LogP contribution is 2.28. The van der Waals surface area contributed by atoms with Crippen molar-refractivity contribution in [3.63, 3.8) is 0 Å². The van der Waals surface area contributed by atoms with E-state index in [4.69, 9.17) is 11.5 Å². The molecule has 4 N–H and O–H groups in total. The van der Waals surface area contributed by atoms with Gasteiger partial charge >= 0.3 is 0 Å². The molecule has 1 amide bonds. The van der Waals surface area contributed by atoms with Gasteiger partial charge in [-0.15, -0.1) is 0 Å². The van der Waals surface area contributed by atoms with Gasteiger partial charge in [0.1, 0.15) is 0 Å². The first-order valence-corrected chi connectivity index (χ1v) is 6.50. The quantitative estimate of drug-likeness (QED) is 0.798. The Bertz CT molecular complexity index is 416. The maximum atomic E-state index is 11.5. The number of hydrogen-bond donors (Lipinski definition) is 2. The lowest BCUT2D eigenvalue weighted by molar-refractivity contribution is -0.125. The molecule has 1 aliphatic rings. The fraction of sp³-hybridized carbons (Fsp3) is 0.500. The molecule has 2 unspecified atom stereocenters. The van der Waals surface area contributed by atoms with E-state index in [1.54, 1.807) is 0 Å². The molecule has 0 aromatic heterocycles. The lowest BCUT2D eigenvalue weighted by Gasteiger charge is -2.38. The van der Waals surface area contributed by atoms with Crippen LogP contribution < -0.4 is 11.5 Å². The number of piperidine rings is 1. The van der Waals surface area contributed by atoms with Crippen LogP contribution in [0.25, 0.3) is 0 Å². The molecule has 1 heterocycles. The minimum atomic E-state index is -0.211. The number of benzene rings is 1. The van der Waals surface area contributed by atoms with Gasteiger partial charge in [-0.2, -0.15) is 0 Å². The summed E-state index contributed by atoms with van der Waals surface area (Å²) < 4.78 is 0. The molecule has 0 spiro atoms. The van der Waals surface area contributed by atoms with Crippen molar-refractivity contribution in [1.29, 1.82) is 0 Å². The number of primary amides is 1. The summed E-state index contributed by atoms with van der Waals surface area (Å²) in [4.78, 5) is 13.7. The zero-order valence-corrected chi connectivity index (χ0v) is 10.8. The molecule has 1 aromatic carbocycles. The van der Waals surface area contributed by atoms with Gasteiger partial charge in [-0.1, -0.05) is 18.6 Å². The lowest BCUT2D eigenvalue weighted by atomic mass is 9.96. The van der Waals surface area contributed by atoms with Crippen molar-refractivity contribution in [1.82, 2.24) is 4.90 Å². The van der Waals surface area contributed by atoms with Crippen LogP contribution >= 0.6 is 0 Å². The molecular formula is C14H21N3O. The highest BCUT2D eigenvalue weighted by Gasteiger charge is 2.30. The Kier molecular flexibility index (Phi) is 3.87. The van der Waals surface area contributed by atoms with Crippen LogP contribution in [0.2, 0.25) is 0 Å². The van der Waals surface area contributed by atoms with Crippen LogP contribution in [-0.2, 0) is 4.79 Å².